The number of halogens is 1. The minimum Gasteiger partial charge on any atom is -0.293 e. The van der Waals surface area contributed by atoms with E-state index in [0.29, 0.717) is 5.75 Å². The van der Waals surface area contributed by atoms with Crippen molar-refractivity contribution in [1.82, 2.24) is 0 Å². The van der Waals surface area contributed by atoms with Gasteiger partial charge in [-0.2, -0.15) is 11.8 Å². The van der Waals surface area contributed by atoms with E-state index in [1.165, 1.54) is 24.8 Å². The van der Waals surface area contributed by atoms with Crippen LogP contribution in [0.2, 0.25) is 5.02 Å². The zero-order valence-electron chi connectivity index (χ0n) is 13.5. The molecule has 0 aliphatic rings. The molecule has 0 unspecified atom stereocenters. The lowest BCUT2D eigenvalue weighted by atomic mass is 10.2. The van der Waals surface area contributed by atoms with Gasteiger partial charge >= 0.3 is 0 Å². The molecule has 1 aromatic carbocycles. The van der Waals surface area contributed by atoms with Crippen molar-refractivity contribution in [2.24, 2.45) is 0 Å². The summed E-state index contributed by atoms with van der Waals surface area (Å²) in [5.41, 5.74) is 1.98. The van der Waals surface area contributed by atoms with E-state index in [-0.39, 0.29) is 5.78 Å². The van der Waals surface area contributed by atoms with E-state index in [0.717, 1.165) is 22.9 Å². The molecule has 0 radical (unpaired) electrons. The Kier molecular flexibility index (Phi) is 7.63. The Morgan fingerprint density at radius 2 is 1.78 bits per heavy atom. The summed E-state index contributed by atoms with van der Waals surface area (Å²) in [6, 6.07) is 11.6. The van der Waals surface area contributed by atoms with Gasteiger partial charge in [-0.1, -0.05) is 43.5 Å². The summed E-state index contributed by atoms with van der Waals surface area (Å²) < 4.78 is 2.06. The fourth-order valence-corrected chi connectivity index (χ4v) is 3.28. The van der Waals surface area contributed by atoms with Gasteiger partial charge in [-0.15, -0.1) is 0 Å². The average Bonchev–Trinajstić information content (AvgIpc) is 2.57. The molecule has 0 N–H and O–H groups in total. The fourth-order valence-electron chi connectivity index (χ4n) is 2.25. The topological polar surface area (TPSA) is 20.9 Å². The molecule has 0 atom stereocenters. The summed E-state index contributed by atoms with van der Waals surface area (Å²) in [4.78, 5) is 12.1. The molecule has 122 valence electrons. The Morgan fingerprint density at radius 1 is 1.09 bits per heavy atom. The quantitative estimate of drug-likeness (QED) is 0.369. The number of benzene rings is 1. The summed E-state index contributed by atoms with van der Waals surface area (Å²) in [6.45, 7) is 2.97. The number of aromatic nitrogens is 1. The number of hydrogen-bond donors (Lipinski definition) is 0. The number of carbonyl (C=O) groups is 1. The maximum absolute atomic E-state index is 12.1. The Morgan fingerprint density at radius 3 is 2.43 bits per heavy atom. The molecule has 0 aliphatic heterocycles. The Bertz CT molecular complexity index is 610. The Balaban J connectivity index is 1.83. The molecule has 4 heteroatoms. The number of unbranched alkanes of at least 4 members (excludes halogenated alkanes) is 2. The van der Waals surface area contributed by atoms with Crippen LogP contribution in [0.15, 0.2) is 48.8 Å². The predicted octanol–water partition coefficient (Wildman–Crippen LogP) is 4.78. The Labute approximate surface area is 147 Å². The van der Waals surface area contributed by atoms with Crippen LogP contribution in [0.3, 0.4) is 0 Å². The van der Waals surface area contributed by atoms with Crippen molar-refractivity contribution < 1.29 is 9.36 Å². The highest BCUT2D eigenvalue weighted by atomic mass is 35.5. The number of thioether (sulfide) groups is 1. The first-order chi connectivity index (χ1) is 11.2. The minimum atomic E-state index is 0.213. The second-order valence-electron chi connectivity index (χ2n) is 5.57. The zero-order valence-corrected chi connectivity index (χ0v) is 15.1. The van der Waals surface area contributed by atoms with E-state index in [9.17, 15) is 4.79 Å². The van der Waals surface area contributed by atoms with Crippen LogP contribution in [0.5, 0.6) is 0 Å². The van der Waals surface area contributed by atoms with Gasteiger partial charge < -0.3 is 0 Å². The third kappa shape index (κ3) is 6.36. The van der Waals surface area contributed by atoms with Gasteiger partial charge in [0.1, 0.15) is 0 Å². The third-order valence-corrected chi connectivity index (χ3v) is 4.91. The molecule has 0 amide bonds. The second-order valence-corrected chi connectivity index (χ2v) is 7.11. The second kappa shape index (κ2) is 9.74. The maximum Gasteiger partial charge on any atom is 0.173 e. The monoisotopic (exact) mass is 348 g/mol. The lowest BCUT2D eigenvalue weighted by molar-refractivity contribution is -0.688. The minimum absolute atomic E-state index is 0.213. The van der Waals surface area contributed by atoms with Crippen molar-refractivity contribution in [1.29, 1.82) is 0 Å². The van der Waals surface area contributed by atoms with Crippen LogP contribution >= 0.6 is 23.4 Å². The summed E-state index contributed by atoms with van der Waals surface area (Å²) in [5.74, 6) is 1.86. The SMILES string of the molecule is CCCCCSCC(=O)c1cc[n+](Cc2ccc(Cl)cc2)cc1. The lowest BCUT2D eigenvalue weighted by Gasteiger charge is -2.02. The molecule has 2 rings (SSSR count). The summed E-state index contributed by atoms with van der Waals surface area (Å²) in [5, 5.41) is 0.746. The van der Waals surface area contributed by atoms with E-state index in [1.54, 1.807) is 11.8 Å². The van der Waals surface area contributed by atoms with Gasteiger partial charge in [-0.3, -0.25) is 4.79 Å². The zero-order chi connectivity index (χ0) is 16.5. The summed E-state index contributed by atoms with van der Waals surface area (Å²) >= 11 is 7.63. The molecule has 1 heterocycles. The van der Waals surface area contributed by atoms with Gasteiger partial charge in [0, 0.05) is 28.3 Å². The van der Waals surface area contributed by atoms with Crippen LogP contribution < -0.4 is 4.57 Å². The van der Waals surface area contributed by atoms with Gasteiger partial charge in [0.2, 0.25) is 0 Å². The largest absolute Gasteiger partial charge is 0.293 e. The van der Waals surface area contributed by atoms with Gasteiger partial charge in [0.05, 0.1) is 5.75 Å². The van der Waals surface area contributed by atoms with Crippen molar-refractivity contribution in [3.05, 3.63) is 64.9 Å². The predicted molar refractivity (Wildman–Crippen MR) is 98.4 cm³/mol. The number of pyridine rings is 1. The molecule has 0 saturated carbocycles. The van der Waals surface area contributed by atoms with Gasteiger partial charge in [0.15, 0.2) is 24.7 Å². The molecule has 2 aromatic rings. The fraction of sp³-hybridized carbons (Fsp3) is 0.368. The van der Waals surface area contributed by atoms with Gasteiger partial charge in [0.25, 0.3) is 0 Å². The highest BCUT2D eigenvalue weighted by Crippen LogP contribution is 2.11. The van der Waals surface area contributed by atoms with Crippen LogP contribution in [0.1, 0.15) is 42.1 Å². The molecule has 1 aromatic heterocycles. The molecular weight excluding hydrogens is 326 g/mol. The van der Waals surface area contributed by atoms with Crippen molar-refractivity contribution in [2.45, 2.75) is 32.7 Å². The number of hydrogen-bond acceptors (Lipinski definition) is 2. The molecule has 0 aliphatic carbocycles. The maximum atomic E-state index is 12.1. The van der Waals surface area contributed by atoms with E-state index in [1.807, 2.05) is 48.8 Å². The molecule has 0 spiro atoms. The molecule has 23 heavy (non-hydrogen) atoms. The van der Waals surface area contributed by atoms with E-state index in [2.05, 4.69) is 11.5 Å². The summed E-state index contributed by atoms with van der Waals surface area (Å²) in [7, 11) is 0. The highest BCUT2D eigenvalue weighted by Gasteiger charge is 2.09. The molecule has 0 saturated heterocycles. The van der Waals surface area contributed by atoms with Gasteiger partial charge in [-0.05, 0) is 24.3 Å². The number of rotatable bonds is 9. The molecule has 0 bridgehead atoms. The number of ketones is 1. The van der Waals surface area contributed by atoms with Crippen molar-refractivity contribution in [3.63, 3.8) is 0 Å². The van der Waals surface area contributed by atoms with E-state index < -0.39 is 0 Å². The first kappa shape index (κ1) is 18.0. The van der Waals surface area contributed by atoms with Crippen LogP contribution in [0.4, 0.5) is 0 Å². The van der Waals surface area contributed by atoms with E-state index in [4.69, 9.17) is 11.6 Å². The van der Waals surface area contributed by atoms with Gasteiger partial charge in [-0.25, -0.2) is 4.57 Å². The van der Waals surface area contributed by atoms with Crippen molar-refractivity contribution in [2.75, 3.05) is 11.5 Å². The van der Waals surface area contributed by atoms with Crippen molar-refractivity contribution in [3.8, 4) is 0 Å². The van der Waals surface area contributed by atoms with Crippen LogP contribution in [-0.4, -0.2) is 17.3 Å². The normalized spacial score (nSPS) is 10.7. The van der Waals surface area contributed by atoms with E-state index >= 15 is 0 Å². The third-order valence-electron chi connectivity index (χ3n) is 3.62. The number of carbonyl (C=O) groups excluding carboxylic acids is 1. The standard InChI is InChI=1S/C19H23ClNOS/c1-2-3-4-13-23-15-19(22)17-9-11-21(12-10-17)14-16-5-7-18(20)8-6-16/h5-12H,2-4,13-15H2,1H3/q+1. The van der Waals surface area contributed by atoms with Crippen LogP contribution in [-0.2, 0) is 6.54 Å². The van der Waals surface area contributed by atoms with Crippen LogP contribution in [0.25, 0.3) is 0 Å². The van der Waals surface area contributed by atoms with Crippen LogP contribution in [0, 0.1) is 0 Å². The smallest absolute Gasteiger partial charge is 0.173 e. The molecule has 0 fully saturated rings. The molecule has 2 nitrogen and oxygen atoms in total. The lowest BCUT2D eigenvalue weighted by Crippen LogP contribution is -2.33. The number of Topliss-reactive ketones (excluding diaryl/α,β-unsaturated/α-hetero) is 1. The first-order valence-corrected chi connectivity index (χ1v) is 9.57. The average molecular weight is 349 g/mol. The molecular formula is C19H23ClNOS+. The highest BCUT2D eigenvalue weighted by molar-refractivity contribution is 7.99. The van der Waals surface area contributed by atoms with Crippen molar-refractivity contribution >= 4 is 29.1 Å². The number of nitrogens with zero attached hydrogens (tertiary/aromatic N) is 1. The first-order valence-electron chi connectivity index (χ1n) is 8.03. The Hall–Kier alpha value is -1.32. The summed E-state index contributed by atoms with van der Waals surface area (Å²) in [6.07, 6.45) is 7.59.